The van der Waals surface area contributed by atoms with E-state index in [1.54, 1.807) is 36.1 Å². The molecule has 0 unspecified atom stereocenters. The van der Waals surface area contributed by atoms with Crippen molar-refractivity contribution in [2.24, 2.45) is 0 Å². The van der Waals surface area contributed by atoms with Crippen LogP contribution in [0.3, 0.4) is 0 Å². The van der Waals surface area contributed by atoms with Gasteiger partial charge in [-0.25, -0.2) is 13.2 Å². The monoisotopic (exact) mass is 457 g/mol. The Hall–Kier alpha value is -2.11. The molecule has 0 aliphatic carbocycles. The first-order chi connectivity index (χ1) is 12.8. The molecule has 1 aromatic heterocycles. The van der Waals surface area contributed by atoms with Gasteiger partial charge in [0.05, 0.1) is 4.90 Å². The Kier molecular flexibility index (Phi) is 5.45. The van der Waals surface area contributed by atoms with Crippen LogP contribution in [-0.2, 0) is 16.6 Å². The van der Waals surface area contributed by atoms with Crippen LogP contribution in [0.15, 0.2) is 43.2 Å². The standard InChI is InChI=1S/C16H20BrN5O4S/c1-2-22-14(18)13(15(23)19-16(22)24)20-7-9-21(10-8-20)27(25,26)12-5-3-11(17)4-6-12/h3-6H,2,7-10,18H2,1H3,(H,19,23,24). The zero-order valence-corrected chi connectivity index (χ0v) is 17.1. The molecular weight excluding hydrogens is 438 g/mol. The molecule has 0 spiro atoms. The fourth-order valence-electron chi connectivity index (χ4n) is 3.10. The van der Waals surface area contributed by atoms with E-state index in [4.69, 9.17) is 5.73 Å². The van der Waals surface area contributed by atoms with Crippen molar-refractivity contribution in [3.05, 3.63) is 49.6 Å². The third-order valence-corrected chi connectivity index (χ3v) is 6.98. The summed E-state index contributed by atoms with van der Waals surface area (Å²) in [6.07, 6.45) is 0. The quantitative estimate of drug-likeness (QED) is 0.685. The van der Waals surface area contributed by atoms with Crippen LogP contribution in [0.4, 0.5) is 11.5 Å². The van der Waals surface area contributed by atoms with Gasteiger partial charge in [0.2, 0.25) is 10.0 Å². The Morgan fingerprint density at radius 3 is 2.26 bits per heavy atom. The molecule has 146 valence electrons. The summed E-state index contributed by atoms with van der Waals surface area (Å²) in [5.74, 6) is 0.0930. The number of halogens is 1. The molecular formula is C16H20BrN5O4S. The van der Waals surface area contributed by atoms with E-state index in [1.807, 2.05) is 0 Å². The van der Waals surface area contributed by atoms with E-state index >= 15 is 0 Å². The van der Waals surface area contributed by atoms with E-state index in [2.05, 4.69) is 20.9 Å². The summed E-state index contributed by atoms with van der Waals surface area (Å²) >= 11 is 3.29. The summed E-state index contributed by atoms with van der Waals surface area (Å²) in [6, 6.07) is 6.45. The van der Waals surface area contributed by atoms with Crippen LogP contribution < -0.4 is 21.9 Å². The van der Waals surface area contributed by atoms with E-state index in [0.717, 1.165) is 4.47 Å². The minimum absolute atomic E-state index is 0.0930. The van der Waals surface area contributed by atoms with E-state index in [-0.39, 0.29) is 29.5 Å². The summed E-state index contributed by atoms with van der Waals surface area (Å²) in [5, 5.41) is 0. The Balaban J connectivity index is 1.83. The number of hydrogen-bond donors (Lipinski definition) is 2. The molecule has 0 amide bonds. The second kappa shape index (κ2) is 7.49. The summed E-state index contributed by atoms with van der Waals surface area (Å²) in [5.41, 5.74) is 5.10. The molecule has 3 rings (SSSR count). The van der Waals surface area contributed by atoms with Crippen LogP contribution in [0.25, 0.3) is 0 Å². The summed E-state index contributed by atoms with van der Waals surface area (Å²) in [6.45, 7) is 3.09. The SMILES string of the molecule is CCn1c(N)c(N2CCN(S(=O)(=O)c3ccc(Br)cc3)CC2)c(=O)[nH]c1=O. The van der Waals surface area contributed by atoms with Gasteiger partial charge in [0, 0.05) is 37.2 Å². The molecule has 3 N–H and O–H groups in total. The highest BCUT2D eigenvalue weighted by Gasteiger charge is 2.30. The Morgan fingerprint density at radius 2 is 1.70 bits per heavy atom. The highest BCUT2D eigenvalue weighted by molar-refractivity contribution is 9.10. The third-order valence-electron chi connectivity index (χ3n) is 4.54. The van der Waals surface area contributed by atoms with Gasteiger partial charge in [-0.2, -0.15) is 4.31 Å². The topological polar surface area (TPSA) is 121 Å². The molecule has 0 atom stereocenters. The Labute approximate surface area is 164 Å². The first-order valence-corrected chi connectivity index (χ1v) is 10.6. The minimum Gasteiger partial charge on any atom is -0.383 e. The predicted octanol–water partition coefficient (Wildman–Crippen LogP) is 0.412. The number of piperazine rings is 1. The molecule has 1 saturated heterocycles. The van der Waals surface area contributed by atoms with Crippen molar-refractivity contribution in [2.75, 3.05) is 36.8 Å². The number of rotatable bonds is 4. The molecule has 0 radical (unpaired) electrons. The predicted molar refractivity (Wildman–Crippen MR) is 107 cm³/mol. The summed E-state index contributed by atoms with van der Waals surface area (Å²) in [4.78, 5) is 28.2. The zero-order valence-electron chi connectivity index (χ0n) is 14.7. The lowest BCUT2D eigenvalue weighted by atomic mass is 10.3. The highest BCUT2D eigenvalue weighted by Crippen LogP contribution is 2.23. The molecule has 1 aromatic carbocycles. The lowest BCUT2D eigenvalue weighted by Crippen LogP contribution is -2.51. The number of hydrogen-bond acceptors (Lipinski definition) is 6. The number of nitrogens with one attached hydrogen (secondary N) is 1. The van der Waals surface area contributed by atoms with Crippen LogP contribution in [-0.4, -0.2) is 48.5 Å². The van der Waals surface area contributed by atoms with Crippen molar-refractivity contribution in [2.45, 2.75) is 18.4 Å². The molecule has 9 nitrogen and oxygen atoms in total. The van der Waals surface area contributed by atoms with E-state index in [1.165, 1.54) is 8.87 Å². The first kappa shape index (κ1) is 19.6. The van der Waals surface area contributed by atoms with Gasteiger partial charge in [0.25, 0.3) is 5.56 Å². The van der Waals surface area contributed by atoms with Crippen LogP contribution in [0.1, 0.15) is 6.92 Å². The summed E-state index contributed by atoms with van der Waals surface area (Å²) < 4.78 is 29.0. The number of sulfonamides is 1. The molecule has 1 aliphatic heterocycles. The van der Waals surface area contributed by atoms with Crippen molar-refractivity contribution in [1.29, 1.82) is 0 Å². The lowest BCUT2D eigenvalue weighted by molar-refractivity contribution is 0.384. The number of anilines is 2. The van der Waals surface area contributed by atoms with Gasteiger partial charge in [0.15, 0.2) is 0 Å². The van der Waals surface area contributed by atoms with Gasteiger partial charge in [-0.1, -0.05) is 15.9 Å². The lowest BCUT2D eigenvalue weighted by Gasteiger charge is -2.35. The molecule has 1 aliphatic rings. The van der Waals surface area contributed by atoms with Gasteiger partial charge < -0.3 is 10.6 Å². The molecule has 27 heavy (non-hydrogen) atoms. The number of H-pyrrole nitrogens is 1. The van der Waals surface area contributed by atoms with Crippen LogP contribution in [0.2, 0.25) is 0 Å². The molecule has 2 heterocycles. The van der Waals surface area contributed by atoms with E-state index < -0.39 is 21.3 Å². The third kappa shape index (κ3) is 3.66. The normalized spacial score (nSPS) is 15.9. The van der Waals surface area contributed by atoms with Gasteiger partial charge in [-0.3, -0.25) is 14.3 Å². The molecule has 11 heteroatoms. The van der Waals surface area contributed by atoms with Crippen molar-refractivity contribution in [3.63, 3.8) is 0 Å². The largest absolute Gasteiger partial charge is 0.383 e. The Bertz CT molecular complexity index is 1050. The van der Waals surface area contributed by atoms with Crippen LogP contribution in [0, 0.1) is 0 Å². The maximum absolute atomic E-state index is 12.8. The van der Waals surface area contributed by atoms with Gasteiger partial charge in [0.1, 0.15) is 11.5 Å². The van der Waals surface area contributed by atoms with Crippen molar-refractivity contribution < 1.29 is 8.42 Å². The number of benzene rings is 1. The molecule has 0 bridgehead atoms. The zero-order chi connectivity index (χ0) is 19.8. The number of nitrogens with zero attached hydrogens (tertiary/aromatic N) is 3. The first-order valence-electron chi connectivity index (χ1n) is 8.39. The fourth-order valence-corrected chi connectivity index (χ4v) is 4.79. The number of nitrogens with two attached hydrogens (primary N) is 1. The van der Waals surface area contributed by atoms with Gasteiger partial charge in [-0.15, -0.1) is 0 Å². The average molecular weight is 458 g/mol. The van der Waals surface area contributed by atoms with Crippen molar-refractivity contribution >= 4 is 37.5 Å². The number of aromatic amines is 1. The molecule has 1 fully saturated rings. The van der Waals surface area contributed by atoms with Gasteiger partial charge in [-0.05, 0) is 31.2 Å². The number of aromatic nitrogens is 2. The van der Waals surface area contributed by atoms with Crippen LogP contribution in [0.5, 0.6) is 0 Å². The van der Waals surface area contributed by atoms with E-state index in [0.29, 0.717) is 19.6 Å². The number of nitrogen functional groups attached to an aromatic ring is 1. The molecule has 0 saturated carbocycles. The molecule has 2 aromatic rings. The van der Waals surface area contributed by atoms with Gasteiger partial charge >= 0.3 is 5.69 Å². The van der Waals surface area contributed by atoms with Crippen molar-refractivity contribution in [1.82, 2.24) is 13.9 Å². The fraction of sp³-hybridized carbons (Fsp3) is 0.375. The maximum atomic E-state index is 12.8. The highest BCUT2D eigenvalue weighted by atomic mass is 79.9. The smallest absolute Gasteiger partial charge is 0.330 e. The second-order valence-corrected chi connectivity index (χ2v) is 8.94. The van der Waals surface area contributed by atoms with Crippen molar-refractivity contribution in [3.8, 4) is 0 Å². The maximum Gasteiger partial charge on any atom is 0.330 e. The average Bonchev–Trinajstić information content (AvgIpc) is 2.62. The summed E-state index contributed by atoms with van der Waals surface area (Å²) in [7, 11) is -3.61. The second-order valence-electron chi connectivity index (χ2n) is 6.08. The minimum atomic E-state index is -3.61. The van der Waals surface area contributed by atoms with Crippen LogP contribution >= 0.6 is 15.9 Å². The van der Waals surface area contributed by atoms with E-state index in [9.17, 15) is 18.0 Å². The Morgan fingerprint density at radius 1 is 1.11 bits per heavy atom.